The van der Waals surface area contributed by atoms with Gasteiger partial charge in [-0.1, -0.05) is 46.1 Å². The van der Waals surface area contributed by atoms with Crippen LogP contribution in [0.4, 0.5) is 0 Å². The molecule has 2 rings (SSSR count). The summed E-state index contributed by atoms with van der Waals surface area (Å²) in [6, 6.07) is 10.7. The highest BCUT2D eigenvalue weighted by atomic mass is 16.5. The van der Waals surface area contributed by atoms with Crippen LogP contribution >= 0.6 is 0 Å². The molecule has 36 heavy (non-hydrogen) atoms. The van der Waals surface area contributed by atoms with Crippen LogP contribution in [0.1, 0.15) is 95.1 Å². The number of unbranched alkanes of at least 4 members (excludes halogenated alkanes) is 2. The minimum atomic E-state index is -0.600. The second kappa shape index (κ2) is 14.5. The molecule has 0 aromatic heterocycles. The quantitative estimate of drug-likeness (QED) is 0.0880. The van der Waals surface area contributed by atoms with Crippen LogP contribution in [-0.2, 0) is 11.2 Å². The predicted octanol–water partition coefficient (Wildman–Crippen LogP) is 7.84. The Labute approximate surface area is 216 Å². The third kappa shape index (κ3) is 8.85. The molecule has 2 aromatic carbocycles. The van der Waals surface area contributed by atoms with E-state index in [4.69, 9.17) is 14.2 Å². The Kier molecular flexibility index (Phi) is 11.7. The summed E-state index contributed by atoms with van der Waals surface area (Å²) in [6.07, 6.45) is 9.24. The molecule has 0 N–H and O–H groups in total. The average Bonchev–Trinajstić information content (AvgIpc) is 2.84. The minimum Gasteiger partial charge on any atom is -0.493 e. The van der Waals surface area contributed by atoms with Crippen LogP contribution in [0.3, 0.4) is 0 Å². The van der Waals surface area contributed by atoms with E-state index >= 15 is 0 Å². The average molecular weight is 495 g/mol. The first-order valence-corrected chi connectivity index (χ1v) is 13.2. The lowest BCUT2D eigenvalue weighted by Gasteiger charge is -2.18. The lowest BCUT2D eigenvalue weighted by atomic mass is 9.97. The van der Waals surface area contributed by atoms with Crippen molar-refractivity contribution in [3.8, 4) is 17.2 Å². The van der Waals surface area contributed by atoms with Gasteiger partial charge in [-0.25, -0.2) is 0 Å². The Morgan fingerprint density at radius 2 is 1.47 bits per heavy atom. The third-order valence-corrected chi connectivity index (χ3v) is 5.62. The topological polar surface area (TPSA) is 61.8 Å². The SMILES string of the molecule is CCCCOc1ccc(CCC)c(OCCCC)c1C=CC(=O)c1ccc(OC(=O)C(C)(C)C)cc1. The number of carbonyl (C=O) groups excluding carboxylic acids is 2. The highest BCUT2D eigenvalue weighted by Gasteiger charge is 2.23. The standard InChI is InChI=1S/C31H42O5/c1-7-10-21-34-28-20-15-24(12-9-3)29(35-22-11-8-2)26(28)18-19-27(32)23-13-16-25(17-14-23)36-30(33)31(4,5)6/h13-20H,7-12,21-22H2,1-6H3. The molecule has 0 radical (unpaired) electrons. The van der Waals surface area contributed by atoms with E-state index in [1.54, 1.807) is 57.2 Å². The molecule has 0 heterocycles. The summed E-state index contributed by atoms with van der Waals surface area (Å²) >= 11 is 0. The largest absolute Gasteiger partial charge is 0.493 e. The van der Waals surface area contributed by atoms with Crippen LogP contribution in [0.15, 0.2) is 42.5 Å². The first-order valence-electron chi connectivity index (χ1n) is 13.2. The molecule has 0 saturated heterocycles. The zero-order chi connectivity index (χ0) is 26.6. The van der Waals surface area contributed by atoms with Gasteiger partial charge in [0, 0.05) is 5.56 Å². The van der Waals surface area contributed by atoms with E-state index in [2.05, 4.69) is 26.8 Å². The fourth-order valence-electron chi connectivity index (χ4n) is 3.39. The number of esters is 1. The van der Waals surface area contributed by atoms with Crippen molar-refractivity contribution < 1.29 is 23.8 Å². The number of hydrogen-bond acceptors (Lipinski definition) is 5. The number of rotatable bonds is 14. The second-order valence-corrected chi connectivity index (χ2v) is 9.98. The zero-order valence-corrected chi connectivity index (χ0v) is 22.8. The van der Waals surface area contributed by atoms with Gasteiger partial charge in [-0.3, -0.25) is 9.59 Å². The predicted molar refractivity (Wildman–Crippen MR) is 146 cm³/mol. The van der Waals surface area contributed by atoms with Crippen molar-refractivity contribution in [2.24, 2.45) is 5.41 Å². The Hall–Kier alpha value is -3.08. The van der Waals surface area contributed by atoms with Crippen LogP contribution < -0.4 is 14.2 Å². The van der Waals surface area contributed by atoms with E-state index < -0.39 is 5.41 Å². The molecule has 0 spiro atoms. The summed E-state index contributed by atoms with van der Waals surface area (Å²) < 4.78 is 17.7. The third-order valence-electron chi connectivity index (χ3n) is 5.62. The van der Waals surface area contributed by atoms with Crippen molar-refractivity contribution >= 4 is 17.8 Å². The van der Waals surface area contributed by atoms with Crippen LogP contribution in [0, 0.1) is 5.41 Å². The number of benzene rings is 2. The van der Waals surface area contributed by atoms with Crippen molar-refractivity contribution in [3.63, 3.8) is 0 Å². The van der Waals surface area contributed by atoms with E-state index in [-0.39, 0.29) is 11.8 Å². The molecule has 0 aliphatic heterocycles. The van der Waals surface area contributed by atoms with Crippen LogP contribution in [-0.4, -0.2) is 25.0 Å². The molecule has 0 bridgehead atoms. The van der Waals surface area contributed by atoms with Crippen molar-refractivity contribution in [2.45, 2.75) is 80.1 Å². The Bertz CT molecular complexity index is 1010. The Morgan fingerprint density at radius 3 is 2.06 bits per heavy atom. The molecule has 0 aliphatic carbocycles. The number of ketones is 1. The minimum absolute atomic E-state index is 0.149. The van der Waals surface area contributed by atoms with E-state index in [9.17, 15) is 9.59 Å². The zero-order valence-electron chi connectivity index (χ0n) is 22.8. The fraction of sp³-hybridized carbons (Fsp3) is 0.484. The maximum atomic E-state index is 13.0. The molecule has 0 amide bonds. The number of hydrogen-bond donors (Lipinski definition) is 0. The smallest absolute Gasteiger partial charge is 0.316 e. The molecule has 0 unspecified atom stereocenters. The highest BCUT2D eigenvalue weighted by molar-refractivity contribution is 6.07. The van der Waals surface area contributed by atoms with Gasteiger partial charge in [-0.2, -0.15) is 0 Å². The number of aryl methyl sites for hydroxylation is 1. The van der Waals surface area contributed by atoms with Gasteiger partial charge in [0.05, 0.1) is 24.2 Å². The molecule has 5 heteroatoms. The molecule has 0 atom stereocenters. The molecular weight excluding hydrogens is 452 g/mol. The van der Waals surface area contributed by atoms with Gasteiger partial charge >= 0.3 is 5.97 Å². The molecule has 2 aromatic rings. The second-order valence-electron chi connectivity index (χ2n) is 9.98. The summed E-state index contributed by atoms with van der Waals surface area (Å²) in [5.41, 5.74) is 1.83. The molecule has 5 nitrogen and oxygen atoms in total. The van der Waals surface area contributed by atoms with Crippen molar-refractivity contribution in [1.82, 2.24) is 0 Å². The molecule has 196 valence electrons. The molecule has 0 fully saturated rings. The van der Waals surface area contributed by atoms with Gasteiger partial charge in [0.15, 0.2) is 5.78 Å². The van der Waals surface area contributed by atoms with Crippen LogP contribution in [0.2, 0.25) is 0 Å². The van der Waals surface area contributed by atoms with Crippen molar-refractivity contribution in [1.29, 1.82) is 0 Å². The summed E-state index contributed by atoms with van der Waals surface area (Å²) in [6.45, 7) is 13.0. The van der Waals surface area contributed by atoms with Gasteiger partial charge < -0.3 is 14.2 Å². The maximum absolute atomic E-state index is 13.0. The number of ether oxygens (including phenoxy) is 3. The summed E-state index contributed by atoms with van der Waals surface area (Å²) in [4.78, 5) is 25.1. The van der Waals surface area contributed by atoms with E-state index in [0.717, 1.165) is 61.2 Å². The van der Waals surface area contributed by atoms with Crippen LogP contribution in [0.25, 0.3) is 6.08 Å². The summed E-state index contributed by atoms with van der Waals surface area (Å²) in [5, 5.41) is 0. The first kappa shape index (κ1) is 29.2. The summed E-state index contributed by atoms with van der Waals surface area (Å²) in [7, 11) is 0. The lowest BCUT2D eigenvalue weighted by molar-refractivity contribution is -0.143. The molecule has 0 saturated carbocycles. The van der Waals surface area contributed by atoms with Gasteiger partial charge in [0.25, 0.3) is 0 Å². The van der Waals surface area contributed by atoms with Crippen molar-refractivity contribution in [3.05, 3.63) is 59.2 Å². The molecular formula is C31H42O5. The van der Waals surface area contributed by atoms with Gasteiger partial charge in [-0.15, -0.1) is 0 Å². The first-order chi connectivity index (χ1) is 17.2. The van der Waals surface area contributed by atoms with E-state index in [1.165, 1.54) is 0 Å². The fourth-order valence-corrected chi connectivity index (χ4v) is 3.39. The normalized spacial score (nSPS) is 11.5. The molecule has 0 aliphatic rings. The monoisotopic (exact) mass is 494 g/mol. The maximum Gasteiger partial charge on any atom is 0.316 e. The van der Waals surface area contributed by atoms with E-state index in [0.29, 0.717) is 24.5 Å². The van der Waals surface area contributed by atoms with Crippen molar-refractivity contribution in [2.75, 3.05) is 13.2 Å². The highest BCUT2D eigenvalue weighted by Crippen LogP contribution is 2.35. The lowest BCUT2D eigenvalue weighted by Crippen LogP contribution is -2.25. The van der Waals surface area contributed by atoms with Gasteiger partial charge in [0.1, 0.15) is 17.2 Å². The van der Waals surface area contributed by atoms with Gasteiger partial charge in [-0.05, 0) is 88.1 Å². The van der Waals surface area contributed by atoms with Crippen LogP contribution in [0.5, 0.6) is 17.2 Å². The summed E-state index contributed by atoms with van der Waals surface area (Å²) in [5.74, 6) is 1.47. The van der Waals surface area contributed by atoms with Gasteiger partial charge in [0.2, 0.25) is 0 Å². The number of allylic oxidation sites excluding steroid dienone is 1. The number of carbonyl (C=O) groups is 2. The Morgan fingerprint density at radius 1 is 0.833 bits per heavy atom. The Balaban J connectivity index is 2.32. The van der Waals surface area contributed by atoms with E-state index in [1.807, 2.05) is 6.07 Å².